The van der Waals surface area contributed by atoms with Crippen molar-refractivity contribution in [3.8, 4) is 11.5 Å². The van der Waals surface area contributed by atoms with E-state index in [4.69, 9.17) is 27.4 Å². The molecule has 0 amide bonds. The lowest BCUT2D eigenvalue weighted by atomic mass is 10.1. The minimum absolute atomic E-state index is 0.123. The first-order valence-corrected chi connectivity index (χ1v) is 15.2. The van der Waals surface area contributed by atoms with Crippen molar-refractivity contribution >= 4 is 77.1 Å². The molecule has 5 aromatic rings. The first kappa shape index (κ1) is 27.0. The van der Waals surface area contributed by atoms with Gasteiger partial charge in [-0.3, -0.25) is 0 Å². The fourth-order valence-corrected chi connectivity index (χ4v) is 7.55. The molecule has 41 heavy (non-hydrogen) atoms. The number of aromatic amines is 1. The van der Waals surface area contributed by atoms with Crippen molar-refractivity contribution in [1.29, 1.82) is 0 Å². The fraction of sp³-hybridized carbons (Fsp3) is 0.231. The summed E-state index contributed by atoms with van der Waals surface area (Å²) in [6.07, 6.45) is 2.89. The number of piperazine rings is 1. The Morgan fingerprint density at radius 3 is 2.46 bits per heavy atom. The van der Waals surface area contributed by atoms with Gasteiger partial charge in [0.2, 0.25) is 9.84 Å². The number of hydrogen-bond acceptors (Lipinski definition) is 11. The molecule has 0 saturated carbocycles. The van der Waals surface area contributed by atoms with Gasteiger partial charge >= 0.3 is 0 Å². The second-order valence-corrected chi connectivity index (χ2v) is 12.9. The van der Waals surface area contributed by atoms with Crippen molar-refractivity contribution in [2.24, 2.45) is 0 Å². The maximum atomic E-state index is 13.0. The van der Waals surface area contributed by atoms with Gasteiger partial charge in [0.15, 0.2) is 21.7 Å². The molecule has 0 unspecified atom stereocenters. The van der Waals surface area contributed by atoms with Gasteiger partial charge in [-0.05, 0) is 42.5 Å². The number of benzene rings is 2. The molecule has 0 aliphatic carbocycles. The Morgan fingerprint density at radius 2 is 1.76 bits per heavy atom. The van der Waals surface area contributed by atoms with Gasteiger partial charge in [0.05, 0.1) is 36.2 Å². The molecule has 1 fully saturated rings. The number of rotatable bonds is 6. The maximum absolute atomic E-state index is 13.0. The molecular formula is C26H26N8O4S3. The third-order valence-electron chi connectivity index (χ3n) is 6.89. The van der Waals surface area contributed by atoms with Crippen LogP contribution in [0, 0.1) is 0 Å². The average Bonchev–Trinajstić information content (AvgIpc) is 3.61. The number of ether oxygens (including phenoxy) is 2. The fourth-order valence-electron chi connectivity index (χ4n) is 4.77. The standard InChI is InChI=1S/C26H26N8O4S3/c1-37-19-11-17-18(12-20(19)38-2)31-23-22(17)24(30-14-29-23)33-7-9-34(10-8-33)26(39)32-25-28-13-21(40-25)41(35,36)16-5-3-15(27)4-6-16/h3-6,11-14H,7-10,27H2,1-2H3,(H,28,32,39)(H,29,30,31). The number of fused-ring (bicyclic) bond motifs is 3. The molecule has 6 rings (SSSR count). The number of H-pyrrole nitrogens is 1. The van der Waals surface area contributed by atoms with E-state index in [1.165, 1.54) is 18.3 Å². The van der Waals surface area contributed by atoms with Crippen LogP contribution < -0.4 is 25.4 Å². The lowest BCUT2D eigenvalue weighted by Gasteiger charge is -2.36. The SMILES string of the molecule is COc1cc2[nH]c3ncnc(N4CCN(C(=S)Nc5ncc(S(=O)(=O)c6ccc(N)cc6)s5)CC4)c3c2cc1OC. The van der Waals surface area contributed by atoms with E-state index in [9.17, 15) is 8.42 Å². The summed E-state index contributed by atoms with van der Waals surface area (Å²) in [5.41, 5.74) is 7.79. The van der Waals surface area contributed by atoms with E-state index < -0.39 is 9.84 Å². The number of nitrogens with one attached hydrogen (secondary N) is 2. The summed E-state index contributed by atoms with van der Waals surface area (Å²) >= 11 is 6.67. The minimum Gasteiger partial charge on any atom is -0.493 e. The van der Waals surface area contributed by atoms with E-state index >= 15 is 0 Å². The van der Waals surface area contributed by atoms with Crippen LogP contribution in [-0.4, -0.2) is 78.8 Å². The molecule has 3 aromatic heterocycles. The predicted molar refractivity (Wildman–Crippen MR) is 163 cm³/mol. The highest BCUT2D eigenvalue weighted by molar-refractivity contribution is 7.93. The molecule has 0 atom stereocenters. The van der Waals surface area contributed by atoms with E-state index in [1.54, 1.807) is 32.7 Å². The van der Waals surface area contributed by atoms with Crippen LogP contribution in [0.5, 0.6) is 11.5 Å². The molecule has 1 aliphatic rings. The van der Waals surface area contributed by atoms with Gasteiger partial charge in [-0.1, -0.05) is 11.3 Å². The number of anilines is 3. The minimum atomic E-state index is -3.70. The van der Waals surface area contributed by atoms with Gasteiger partial charge in [0.1, 0.15) is 22.0 Å². The Labute approximate surface area is 245 Å². The van der Waals surface area contributed by atoms with Crippen LogP contribution in [0.4, 0.5) is 16.6 Å². The zero-order chi connectivity index (χ0) is 28.7. The Bertz CT molecular complexity index is 1860. The van der Waals surface area contributed by atoms with Crippen molar-refractivity contribution in [3.63, 3.8) is 0 Å². The van der Waals surface area contributed by atoms with Gasteiger partial charge in [-0.25, -0.2) is 23.4 Å². The Morgan fingerprint density at radius 1 is 1.05 bits per heavy atom. The van der Waals surface area contributed by atoms with Crippen LogP contribution in [0.1, 0.15) is 0 Å². The highest BCUT2D eigenvalue weighted by Gasteiger charge is 2.25. The van der Waals surface area contributed by atoms with Crippen LogP contribution in [-0.2, 0) is 9.84 Å². The molecular weight excluding hydrogens is 585 g/mol. The van der Waals surface area contributed by atoms with Crippen LogP contribution in [0.25, 0.3) is 21.9 Å². The Kier molecular flexibility index (Phi) is 7.01. The molecule has 1 aliphatic heterocycles. The zero-order valence-corrected chi connectivity index (χ0v) is 24.6. The normalized spacial score (nSPS) is 14.0. The number of nitrogens with two attached hydrogens (primary N) is 1. The first-order valence-electron chi connectivity index (χ1n) is 12.5. The van der Waals surface area contributed by atoms with Crippen molar-refractivity contribution in [2.45, 2.75) is 9.10 Å². The van der Waals surface area contributed by atoms with Gasteiger partial charge in [0.25, 0.3) is 0 Å². The van der Waals surface area contributed by atoms with Gasteiger partial charge in [-0.15, -0.1) is 0 Å². The van der Waals surface area contributed by atoms with Crippen LogP contribution in [0.2, 0.25) is 0 Å². The second-order valence-electron chi connectivity index (χ2n) is 9.26. The summed E-state index contributed by atoms with van der Waals surface area (Å²) in [7, 11) is -0.490. The van der Waals surface area contributed by atoms with Crippen LogP contribution in [0.3, 0.4) is 0 Å². The van der Waals surface area contributed by atoms with Crippen LogP contribution >= 0.6 is 23.6 Å². The number of methoxy groups -OCH3 is 2. The number of aromatic nitrogens is 4. The zero-order valence-electron chi connectivity index (χ0n) is 22.1. The van der Waals surface area contributed by atoms with Gasteiger partial charge in [0, 0.05) is 43.3 Å². The van der Waals surface area contributed by atoms with E-state index in [2.05, 4.69) is 30.2 Å². The molecule has 2 aromatic carbocycles. The summed E-state index contributed by atoms with van der Waals surface area (Å²) in [5.74, 6) is 2.08. The monoisotopic (exact) mass is 610 g/mol. The molecule has 12 nitrogen and oxygen atoms in total. The van der Waals surface area contributed by atoms with E-state index in [0.717, 1.165) is 39.1 Å². The summed E-state index contributed by atoms with van der Waals surface area (Å²) in [6, 6.07) is 9.91. The van der Waals surface area contributed by atoms with E-state index in [0.29, 0.717) is 53.6 Å². The lowest BCUT2D eigenvalue weighted by molar-refractivity contribution is 0.356. The molecule has 1 saturated heterocycles. The molecule has 0 spiro atoms. The highest BCUT2D eigenvalue weighted by Crippen LogP contribution is 2.38. The smallest absolute Gasteiger partial charge is 0.217 e. The number of hydrogen-bond donors (Lipinski definition) is 3. The third-order valence-corrected chi connectivity index (χ3v) is 10.4. The molecule has 4 heterocycles. The molecule has 0 radical (unpaired) electrons. The molecule has 212 valence electrons. The van der Waals surface area contributed by atoms with E-state index in [1.807, 2.05) is 17.0 Å². The van der Waals surface area contributed by atoms with Crippen LogP contribution in [0.15, 0.2) is 58.0 Å². The summed E-state index contributed by atoms with van der Waals surface area (Å²) in [6.45, 7) is 2.61. The predicted octanol–water partition coefficient (Wildman–Crippen LogP) is 3.52. The highest BCUT2D eigenvalue weighted by atomic mass is 32.2. The number of nitrogens with zero attached hydrogens (tertiary/aromatic N) is 5. The summed E-state index contributed by atoms with van der Waals surface area (Å²) in [5, 5.41) is 5.84. The van der Waals surface area contributed by atoms with Crippen molar-refractivity contribution in [3.05, 3.63) is 48.9 Å². The van der Waals surface area contributed by atoms with Crippen molar-refractivity contribution < 1.29 is 17.9 Å². The average molecular weight is 611 g/mol. The quantitative estimate of drug-likeness (QED) is 0.191. The summed E-state index contributed by atoms with van der Waals surface area (Å²) < 4.78 is 37.0. The Hall–Kier alpha value is -4.21. The number of nitrogen functional groups attached to an aromatic ring is 1. The number of thiazole rings is 1. The largest absolute Gasteiger partial charge is 0.493 e. The van der Waals surface area contributed by atoms with Gasteiger partial charge < -0.3 is 35.3 Å². The number of thiocarbonyl (C=S) groups is 1. The molecule has 0 bridgehead atoms. The lowest BCUT2D eigenvalue weighted by Crippen LogP contribution is -2.50. The Balaban J connectivity index is 1.16. The van der Waals surface area contributed by atoms with Crippen molar-refractivity contribution in [1.82, 2.24) is 24.8 Å². The summed E-state index contributed by atoms with van der Waals surface area (Å²) in [4.78, 5) is 21.1. The first-order chi connectivity index (χ1) is 19.8. The second kappa shape index (κ2) is 10.6. The number of sulfone groups is 1. The van der Waals surface area contributed by atoms with Gasteiger partial charge in [-0.2, -0.15) is 0 Å². The van der Waals surface area contributed by atoms with Crippen molar-refractivity contribution in [2.75, 3.05) is 56.3 Å². The topological polar surface area (TPSA) is 152 Å². The van der Waals surface area contributed by atoms with E-state index in [-0.39, 0.29) is 9.10 Å². The maximum Gasteiger partial charge on any atom is 0.217 e. The third kappa shape index (κ3) is 4.96. The molecule has 4 N–H and O–H groups in total. The molecule has 15 heteroatoms.